The molecule has 2 aromatic carbocycles. The fraction of sp³-hybridized carbons (Fsp3) is 0.250. The normalized spacial score (nSPS) is 13.5. The Morgan fingerprint density at radius 1 is 1.10 bits per heavy atom. The number of methoxy groups -OCH3 is 1. The number of ether oxygens (including phenoxy) is 1. The van der Waals surface area contributed by atoms with Gasteiger partial charge in [-0.1, -0.05) is 12.1 Å². The van der Waals surface area contributed by atoms with Crippen LogP contribution in [0.5, 0.6) is 17.2 Å². The van der Waals surface area contributed by atoms with Gasteiger partial charge in [-0.05, 0) is 36.8 Å². The maximum Gasteiger partial charge on any atom is 0.141 e. The molecule has 0 aliphatic heterocycles. The topological polar surface area (TPSA) is 82.0 Å². The molecule has 21 heavy (non-hydrogen) atoms. The Bertz CT molecular complexity index is 609. The second-order valence-corrected chi connectivity index (χ2v) is 5.05. The fourth-order valence-corrected chi connectivity index (χ4v) is 2.16. The van der Waals surface area contributed by atoms with Crippen LogP contribution in [0.25, 0.3) is 0 Å². The molecule has 1 atom stereocenters. The number of hydrogen-bond acceptors (Lipinski definition) is 5. The molecular formula is C16H19NO4. The van der Waals surface area contributed by atoms with E-state index < -0.39 is 5.54 Å². The number of nitrogens with one attached hydrogen (secondary N) is 1. The minimum absolute atomic E-state index is 0.0634. The van der Waals surface area contributed by atoms with Gasteiger partial charge >= 0.3 is 0 Å². The summed E-state index contributed by atoms with van der Waals surface area (Å²) in [4.78, 5) is 0. The first-order chi connectivity index (χ1) is 9.98. The molecule has 0 spiro atoms. The van der Waals surface area contributed by atoms with Crippen LogP contribution in [0.3, 0.4) is 0 Å². The van der Waals surface area contributed by atoms with Crippen LogP contribution in [0.4, 0.5) is 5.69 Å². The van der Waals surface area contributed by atoms with E-state index >= 15 is 0 Å². The van der Waals surface area contributed by atoms with E-state index in [0.717, 1.165) is 0 Å². The van der Waals surface area contributed by atoms with Gasteiger partial charge in [0.25, 0.3) is 0 Å². The highest BCUT2D eigenvalue weighted by Gasteiger charge is 2.27. The Balaban J connectivity index is 2.41. The number of phenolic OH excluding ortho intramolecular Hbond substituents is 2. The average Bonchev–Trinajstić information content (AvgIpc) is 2.46. The molecule has 0 aliphatic carbocycles. The molecule has 0 saturated heterocycles. The second-order valence-electron chi connectivity index (χ2n) is 5.05. The Morgan fingerprint density at radius 3 is 2.29 bits per heavy atom. The molecule has 2 aromatic rings. The van der Waals surface area contributed by atoms with Gasteiger partial charge in [0, 0.05) is 6.07 Å². The summed E-state index contributed by atoms with van der Waals surface area (Å²) in [5.41, 5.74) is 0.387. The molecule has 0 radical (unpaired) electrons. The first-order valence-corrected chi connectivity index (χ1v) is 6.54. The molecule has 0 aromatic heterocycles. The summed E-state index contributed by atoms with van der Waals surface area (Å²) in [7, 11) is 1.57. The maximum atomic E-state index is 9.78. The van der Waals surface area contributed by atoms with Gasteiger partial charge in [0.1, 0.15) is 17.2 Å². The number of para-hydroxylation sites is 2. The van der Waals surface area contributed by atoms with Crippen molar-refractivity contribution in [2.75, 3.05) is 19.0 Å². The van der Waals surface area contributed by atoms with Crippen molar-refractivity contribution < 1.29 is 20.1 Å². The number of anilines is 1. The summed E-state index contributed by atoms with van der Waals surface area (Å²) in [6.07, 6.45) is 0. The first kappa shape index (κ1) is 15.0. The number of hydrogen-bond donors (Lipinski definition) is 4. The van der Waals surface area contributed by atoms with Crippen LogP contribution in [0.2, 0.25) is 0 Å². The SMILES string of the molecule is COc1ccccc1NC(C)(CO)c1cc(O)cc(O)c1. The Kier molecular flexibility index (Phi) is 4.23. The minimum Gasteiger partial charge on any atom is -0.508 e. The zero-order chi connectivity index (χ0) is 15.5. The minimum atomic E-state index is -0.884. The van der Waals surface area contributed by atoms with E-state index in [1.54, 1.807) is 20.1 Å². The number of aliphatic hydroxyl groups excluding tert-OH is 1. The summed E-state index contributed by atoms with van der Waals surface area (Å²) < 4.78 is 5.28. The lowest BCUT2D eigenvalue weighted by Crippen LogP contribution is -2.36. The zero-order valence-electron chi connectivity index (χ0n) is 12.0. The van der Waals surface area contributed by atoms with Gasteiger partial charge in [-0.2, -0.15) is 0 Å². The van der Waals surface area contributed by atoms with E-state index in [-0.39, 0.29) is 18.1 Å². The van der Waals surface area contributed by atoms with Gasteiger partial charge in [0.15, 0.2) is 0 Å². The third-order valence-corrected chi connectivity index (χ3v) is 3.37. The molecule has 0 aliphatic rings. The molecule has 5 nitrogen and oxygen atoms in total. The van der Waals surface area contributed by atoms with Crippen molar-refractivity contribution in [2.45, 2.75) is 12.5 Å². The van der Waals surface area contributed by atoms with Crippen LogP contribution in [-0.2, 0) is 5.54 Å². The van der Waals surface area contributed by atoms with Crippen LogP contribution in [0.1, 0.15) is 12.5 Å². The Hall–Kier alpha value is -2.40. The largest absolute Gasteiger partial charge is 0.508 e. The number of aliphatic hydroxyl groups is 1. The van der Waals surface area contributed by atoms with E-state index in [1.807, 2.05) is 18.2 Å². The zero-order valence-corrected chi connectivity index (χ0v) is 12.0. The first-order valence-electron chi connectivity index (χ1n) is 6.54. The van der Waals surface area contributed by atoms with Crippen molar-refractivity contribution in [3.05, 3.63) is 48.0 Å². The van der Waals surface area contributed by atoms with Gasteiger partial charge in [0.2, 0.25) is 0 Å². The summed E-state index contributed by atoms with van der Waals surface area (Å²) in [6.45, 7) is 1.54. The maximum absolute atomic E-state index is 9.78. The molecule has 0 bridgehead atoms. The van der Waals surface area contributed by atoms with E-state index in [2.05, 4.69) is 5.32 Å². The standard InChI is InChI=1S/C16H19NO4/c1-16(10-18,11-7-12(19)9-13(20)8-11)17-14-5-3-4-6-15(14)21-2/h3-9,17-20H,10H2,1-2H3. The van der Waals surface area contributed by atoms with Gasteiger partial charge in [-0.3, -0.25) is 0 Å². The van der Waals surface area contributed by atoms with Crippen molar-refractivity contribution >= 4 is 5.69 Å². The van der Waals surface area contributed by atoms with Crippen LogP contribution in [0.15, 0.2) is 42.5 Å². The van der Waals surface area contributed by atoms with E-state index in [1.165, 1.54) is 18.2 Å². The predicted octanol–water partition coefficient (Wildman–Crippen LogP) is 2.43. The van der Waals surface area contributed by atoms with E-state index in [0.29, 0.717) is 17.0 Å². The Labute approximate surface area is 123 Å². The highest BCUT2D eigenvalue weighted by atomic mass is 16.5. The molecule has 1 unspecified atom stereocenters. The van der Waals surface area contributed by atoms with Crippen molar-refractivity contribution in [1.82, 2.24) is 0 Å². The molecule has 2 rings (SSSR count). The molecule has 4 N–H and O–H groups in total. The number of rotatable bonds is 5. The predicted molar refractivity (Wildman–Crippen MR) is 80.8 cm³/mol. The quantitative estimate of drug-likeness (QED) is 0.679. The number of aromatic hydroxyl groups is 2. The van der Waals surface area contributed by atoms with Gasteiger partial charge in [-0.15, -0.1) is 0 Å². The van der Waals surface area contributed by atoms with Crippen molar-refractivity contribution in [1.29, 1.82) is 0 Å². The monoisotopic (exact) mass is 289 g/mol. The molecule has 0 saturated carbocycles. The molecule has 0 amide bonds. The Morgan fingerprint density at radius 2 is 1.71 bits per heavy atom. The highest BCUT2D eigenvalue weighted by molar-refractivity contribution is 5.59. The van der Waals surface area contributed by atoms with Crippen molar-refractivity contribution in [3.63, 3.8) is 0 Å². The number of benzene rings is 2. The fourth-order valence-electron chi connectivity index (χ4n) is 2.16. The molecule has 0 heterocycles. The van der Waals surface area contributed by atoms with Crippen molar-refractivity contribution in [3.8, 4) is 17.2 Å². The smallest absolute Gasteiger partial charge is 0.141 e. The van der Waals surface area contributed by atoms with Crippen LogP contribution < -0.4 is 10.1 Å². The lowest BCUT2D eigenvalue weighted by molar-refractivity contribution is 0.223. The van der Waals surface area contributed by atoms with E-state index in [9.17, 15) is 15.3 Å². The van der Waals surface area contributed by atoms with Gasteiger partial charge in [0.05, 0.1) is 24.9 Å². The van der Waals surface area contributed by atoms with Crippen molar-refractivity contribution in [2.24, 2.45) is 0 Å². The molecule has 112 valence electrons. The average molecular weight is 289 g/mol. The highest BCUT2D eigenvalue weighted by Crippen LogP contribution is 2.34. The second kappa shape index (κ2) is 5.93. The van der Waals surface area contributed by atoms with Crippen LogP contribution >= 0.6 is 0 Å². The summed E-state index contributed by atoms with van der Waals surface area (Å²) in [6, 6.07) is 11.6. The van der Waals surface area contributed by atoms with Crippen LogP contribution in [0, 0.1) is 0 Å². The number of phenols is 2. The summed E-state index contributed by atoms with van der Waals surface area (Å²) >= 11 is 0. The molecule has 5 heteroatoms. The molecule has 0 fully saturated rings. The van der Waals surface area contributed by atoms with E-state index in [4.69, 9.17) is 4.74 Å². The van der Waals surface area contributed by atoms with Crippen LogP contribution in [-0.4, -0.2) is 29.0 Å². The third kappa shape index (κ3) is 3.20. The summed E-state index contributed by atoms with van der Waals surface area (Å²) in [5, 5.41) is 32.2. The lowest BCUT2D eigenvalue weighted by atomic mass is 9.92. The summed E-state index contributed by atoms with van der Waals surface area (Å²) in [5.74, 6) is 0.513. The lowest BCUT2D eigenvalue weighted by Gasteiger charge is -2.31. The molecular weight excluding hydrogens is 270 g/mol. The third-order valence-electron chi connectivity index (χ3n) is 3.37. The van der Waals surface area contributed by atoms with Gasteiger partial charge in [-0.25, -0.2) is 0 Å². The van der Waals surface area contributed by atoms with Gasteiger partial charge < -0.3 is 25.4 Å².